The van der Waals surface area contributed by atoms with Gasteiger partial charge in [0, 0.05) is 22.5 Å². The van der Waals surface area contributed by atoms with Gasteiger partial charge in [0.2, 0.25) is 5.91 Å². The van der Waals surface area contributed by atoms with E-state index >= 15 is 0 Å². The first-order chi connectivity index (χ1) is 8.16. The molecule has 0 unspecified atom stereocenters. The van der Waals surface area contributed by atoms with Crippen molar-refractivity contribution < 1.29 is 4.79 Å². The lowest BCUT2D eigenvalue weighted by molar-refractivity contribution is -0.117. The lowest BCUT2D eigenvalue weighted by Crippen LogP contribution is -2.13. The minimum atomic E-state index is -0.324. The number of hydrogen-bond donors (Lipinski definition) is 2. The first-order valence-corrected chi connectivity index (χ1v) is 5.62. The normalized spacial score (nSPS) is 10.1. The standard InChI is InChI=1S/C13H12N2OS/c14-13(16)7-9-1-3-10(4-2-9)11-8-15-6-5-12(11)17/h1-6,8H,7H2,(H2,14,16)(H,15,17). The molecule has 3 N–H and O–H groups in total. The number of amides is 1. The number of hydrogen-bond acceptors (Lipinski definition) is 2. The Hall–Kier alpha value is -1.94. The smallest absolute Gasteiger partial charge is 0.221 e. The Bertz CT molecular complexity index is 587. The zero-order valence-electron chi connectivity index (χ0n) is 9.14. The predicted octanol–water partition coefficient (Wildman–Crippen LogP) is 2.44. The number of primary amides is 1. The Morgan fingerprint density at radius 2 is 1.94 bits per heavy atom. The molecule has 1 amide bonds. The molecule has 0 fully saturated rings. The van der Waals surface area contributed by atoms with Gasteiger partial charge in [-0.25, -0.2) is 0 Å². The summed E-state index contributed by atoms with van der Waals surface area (Å²) in [6.45, 7) is 0. The molecular formula is C13H12N2OS. The molecule has 0 aliphatic rings. The lowest BCUT2D eigenvalue weighted by Gasteiger charge is -2.03. The van der Waals surface area contributed by atoms with Gasteiger partial charge in [-0.05, 0) is 17.2 Å². The molecular weight excluding hydrogens is 232 g/mol. The van der Waals surface area contributed by atoms with Crippen LogP contribution in [0.2, 0.25) is 0 Å². The van der Waals surface area contributed by atoms with E-state index in [1.165, 1.54) is 0 Å². The van der Waals surface area contributed by atoms with Gasteiger partial charge in [0.15, 0.2) is 0 Å². The van der Waals surface area contributed by atoms with Gasteiger partial charge >= 0.3 is 0 Å². The fraction of sp³-hybridized carbons (Fsp3) is 0.0769. The van der Waals surface area contributed by atoms with Gasteiger partial charge in [0.25, 0.3) is 0 Å². The molecule has 0 aliphatic carbocycles. The number of H-pyrrole nitrogens is 1. The Morgan fingerprint density at radius 1 is 1.24 bits per heavy atom. The van der Waals surface area contributed by atoms with E-state index in [4.69, 9.17) is 18.0 Å². The maximum absolute atomic E-state index is 10.8. The number of nitrogens with two attached hydrogens (primary N) is 1. The number of benzene rings is 1. The molecule has 0 saturated heterocycles. The van der Waals surface area contributed by atoms with E-state index < -0.39 is 0 Å². The maximum atomic E-state index is 10.8. The van der Waals surface area contributed by atoms with E-state index in [9.17, 15) is 4.79 Å². The second kappa shape index (κ2) is 4.93. The second-order valence-corrected chi connectivity index (χ2v) is 4.20. The monoisotopic (exact) mass is 244 g/mol. The van der Waals surface area contributed by atoms with E-state index in [-0.39, 0.29) is 12.3 Å². The third kappa shape index (κ3) is 2.79. The van der Waals surface area contributed by atoms with Crippen LogP contribution in [0.1, 0.15) is 5.56 Å². The van der Waals surface area contributed by atoms with Crippen molar-refractivity contribution in [3.8, 4) is 11.1 Å². The van der Waals surface area contributed by atoms with Crippen molar-refractivity contribution in [3.05, 3.63) is 52.8 Å². The number of aromatic amines is 1. The summed E-state index contributed by atoms with van der Waals surface area (Å²) in [6, 6.07) is 9.51. The van der Waals surface area contributed by atoms with Crippen LogP contribution in [0.5, 0.6) is 0 Å². The Labute approximate surface area is 104 Å². The van der Waals surface area contributed by atoms with Gasteiger partial charge in [-0.1, -0.05) is 36.5 Å². The van der Waals surface area contributed by atoms with Gasteiger partial charge in [0.1, 0.15) is 0 Å². The Morgan fingerprint density at radius 3 is 2.53 bits per heavy atom. The number of carbonyl (C=O) groups is 1. The Kier molecular flexibility index (Phi) is 3.35. The molecule has 1 aromatic carbocycles. The molecule has 4 heteroatoms. The third-order valence-electron chi connectivity index (χ3n) is 2.47. The number of carbonyl (C=O) groups excluding carboxylic acids is 1. The Balaban J connectivity index is 2.33. The largest absolute Gasteiger partial charge is 0.369 e. The van der Waals surface area contributed by atoms with Gasteiger partial charge in [0.05, 0.1) is 6.42 Å². The van der Waals surface area contributed by atoms with Crippen molar-refractivity contribution in [2.24, 2.45) is 5.73 Å². The molecule has 86 valence electrons. The van der Waals surface area contributed by atoms with Crippen molar-refractivity contribution in [1.29, 1.82) is 0 Å². The van der Waals surface area contributed by atoms with Crippen LogP contribution >= 0.6 is 12.2 Å². The van der Waals surface area contributed by atoms with Crippen LogP contribution in [0.3, 0.4) is 0 Å². The molecule has 1 aromatic heterocycles. The molecule has 3 nitrogen and oxygen atoms in total. The van der Waals surface area contributed by atoms with Crippen LogP contribution in [0.4, 0.5) is 0 Å². The molecule has 2 rings (SSSR count). The van der Waals surface area contributed by atoms with Crippen LogP contribution in [-0.2, 0) is 11.2 Å². The molecule has 1 heterocycles. The first-order valence-electron chi connectivity index (χ1n) is 5.21. The number of aromatic nitrogens is 1. The highest BCUT2D eigenvalue weighted by molar-refractivity contribution is 7.71. The van der Waals surface area contributed by atoms with Gasteiger partial charge in [-0.2, -0.15) is 0 Å². The van der Waals surface area contributed by atoms with E-state index in [1.807, 2.05) is 36.5 Å². The average molecular weight is 244 g/mol. The fourth-order valence-corrected chi connectivity index (χ4v) is 1.89. The molecule has 0 radical (unpaired) electrons. The predicted molar refractivity (Wildman–Crippen MR) is 70.0 cm³/mol. The highest BCUT2D eigenvalue weighted by Gasteiger charge is 2.01. The molecule has 0 bridgehead atoms. The average Bonchev–Trinajstić information content (AvgIpc) is 2.30. The molecule has 0 atom stereocenters. The maximum Gasteiger partial charge on any atom is 0.221 e. The molecule has 17 heavy (non-hydrogen) atoms. The summed E-state index contributed by atoms with van der Waals surface area (Å²) in [4.78, 5) is 13.8. The number of rotatable bonds is 3. The van der Waals surface area contributed by atoms with E-state index in [2.05, 4.69) is 4.98 Å². The molecule has 2 aromatic rings. The summed E-state index contributed by atoms with van der Waals surface area (Å²) < 4.78 is 0.798. The zero-order chi connectivity index (χ0) is 12.3. The van der Waals surface area contributed by atoms with E-state index in [0.29, 0.717) is 0 Å². The van der Waals surface area contributed by atoms with Crippen LogP contribution in [0.25, 0.3) is 11.1 Å². The third-order valence-corrected chi connectivity index (χ3v) is 2.82. The summed E-state index contributed by atoms with van der Waals surface area (Å²) in [7, 11) is 0. The van der Waals surface area contributed by atoms with Crippen LogP contribution in [0.15, 0.2) is 42.7 Å². The minimum absolute atomic E-state index is 0.266. The van der Waals surface area contributed by atoms with Crippen molar-refractivity contribution in [2.45, 2.75) is 6.42 Å². The van der Waals surface area contributed by atoms with Crippen LogP contribution in [0, 0.1) is 4.51 Å². The zero-order valence-corrected chi connectivity index (χ0v) is 9.96. The highest BCUT2D eigenvalue weighted by Crippen LogP contribution is 2.20. The summed E-state index contributed by atoms with van der Waals surface area (Å²) >= 11 is 5.24. The number of pyridine rings is 1. The topological polar surface area (TPSA) is 58.9 Å². The van der Waals surface area contributed by atoms with Crippen molar-refractivity contribution in [3.63, 3.8) is 0 Å². The quantitative estimate of drug-likeness (QED) is 0.815. The highest BCUT2D eigenvalue weighted by atomic mass is 32.1. The first kappa shape index (κ1) is 11.5. The number of nitrogens with one attached hydrogen (secondary N) is 1. The van der Waals surface area contributed by atoms with Crippen molar-refractivity contribution in [2.75, 3.05) is 0 Å². The minimum Gasteiger partial charge on any atom is -0.369 e. The van der Waals surface area contributed by atoms with Crippen LogP contribution < -0.4 is 5.73 Å². The summed E-state index contributed by atoms with van der Waals surface area (Å²) in [5, 5.41) is 0. The van der Waals surface area contributed by atoms with Gasteiger partial charge < -0.3 is 10.7 Å². The van der Waals surface area contributed by atoms with Crippen molar-refractivity contribution >= 4 is 18.1 Å². The fourth-order valence-electron chi connectivity index (χ4n) is 1.65. The summed E-state index contributed by atoms with van der Waals surface area (Å²) in [6.07, 6.45) is 3.93. The molecule has 0 spiro atoms. The second-order valence-electron chi connectivity index (χ2n) is 3.76. The lowest BCUT2D eigenvalue weighted by atomic mass is 10.0. The van der Waals surface area contributed by atoms with Gasteiger partial charge in [-0.15, -0.1) is 0 Å². The summed E-state index contributed by atoms with van der Waals surface area (Å²) in [5.41, 5.74) is 8.05. The molecule has 0 saturated carbocycles. The van der Waals surface area contributed by atoms with E-state index in [0.717, 1.165) is 21.2 Å². The summed E-state index contributed by atoms with van der Waals surface area (Å²) in [5.74, 6) is -0.324. The van der Waals surface area contributed by atoms with Gasteiger partial charge in [-0.3, -0.25) is 4.79 Å². The molecule has 0 aliphatic heterocycles. The SMILES string of the molecule is NC(=O)Cc1ccc(-c2c[nH]ccc2=S)cc1. The van der Waals surface area contributed by atoms with Crippen LogP contribution in [-0.4, -0.2) is 10.9 Å². The van der Waals surface area contributed by atoms with Crippen molar-refractivity contribution in [1.82, 2.24) is 4.98 Å². The van der Waals surface area contributed by atoms with E-state index in [1.54, 1.807) is 6.20 Å².